The van der Waals surface area contributed by atoms with Crippen molar-refractivity contribution in [2.24, 2.45) is 5.92 Å². The molecule has 2 aromatic carbocycles. The lowest BCUT2D eigenvalue weighted by molar-refractivity contribution is 0.0994. The van der Waals surface area contributed by atoms with E-state index >= 15 is 0 Å². The van der Waals surface area contributed by atoms with Crippen LogP contribution < -0.4 is 0 Å². The number of Topliss-reactive ketones (excluding diaryl/α,β-unsaturated/α-hetero) is 1. The monoisotopic (exact) mass is 384 g/mol. The third-order valence-electron chi connectivity index (χ3n) is 7.10. The topological polar surface area (TPSA) is 37.3 Å². The molecule has 3 aliphatic carbocycles. The summed E-state index contributed by atoms with van der Waals surface area (Å²) < 4.78 is 0. The van der Waals surface area contributed by atoms with Crippen molar-refractivity contribution in [2.45, 2.75) is 58.5 Å². The number of hydrogen-bond donors (Lipinski definition) is 1. The lowest BCUT2D eigenvalue weighted by Crippen LogP contribution is -2.08. The number of allylic oxidation sites excluding steroid dienone is 4. The molecule has 0 saturated heterocycles. The van der Waals surface area contributed by atoms with Gasteiger partial charge < -0.3 is 5.11 Å². The molecule has 2 unspecified atom stereocenters. The van der Waals surface area contributed by atoms with E-state index in [4.69, 9.17) is 0 Å². The molecule has 3 aliphatic rings. The molecule has 2 nitrogen and oxygen atoms in total. The molecule has 0 spiro atoms. The van der Waals surface area contributed by atoms with Crippen molar-refractivity contribution in [1.82, 2.24) is 0 Å². The second-order valence-corrected chi connectivity index (χ2v) is 8.89. The van der Waals surface area contributed by atoms with Crippen LogP contribution in [0.3, 0.4) is 0 Å². The molecule has 2 aromatic rings. The number of carbonyl (C=O) groups is 1. The van der Waals surface area contributed by atoms with E-state index in [9.17, 15) is 9.90 Å². The van der Waals surface area contributed by atoms with Crippen LogP contribution in [-0.2, 0) is 12.8 Å². The minimum absolute atomic E-state index is 0.265. The van der Waals surface area contributed by atoms with Crippen molar-refractivity contribution >= 4 is 11.4 Å². The van der Waals surface area contributed by atoms with Gasteiger partial charge in [-0.1, -0.05) is 42.0 Å². The molecule has 29 heavy (non-hydrogen) atoms. The van der Waals surface area contributed by atoms with Crippen molar-refractivity contribution in [3.63, 3.8) is 0 Å². The second kappa shape index (κ2) is 7.11. The van der Waals surface area contributed by atoms with E-state index in [1.807, 2.05) is 13.0 Å². The summed E-state index contributed by atoms with van der Waals surface area (Å²) in [7, 11) is 0. The van der Waals surface area contributed by atoms with Crippen LogP contribution in [0.25, 0.3) is 16.7 Å². The molecule has 148 valence electrons. The Labute approximate surface area is 173 Å². The number of aliphatic hydroxyl groups is 1. The van der Waals surface area contributed by atoms with Crippen molar-refractivity contribution in [2.75, 3.05) is 0 Å². The summed E-state index contributed by atoms with van der Waals surface area (Å²) in [5.41, 5.74) is 11.0. The molecule has 5 rings (SSSR count). The SMILES string of the molecule is CC1=CCCC1CC=C1Cc2ccc3c(c2-c2cc(C(C)O)ccc21)CCC3=O. The summed E-state index contributed by atoms with van der Waals surface area (Å²) in [4.78, 5) is 12.3. The molecule has 0 heterocycles. The Bertz CT molecular complexity index is 1070. The summed E-state index contributed by atoms with van der Waals surface area (Å²) in [5, 5.41) is 10.2. The first-order valence-corrected chi connectivity index (χ1v) is 10.9. The largest absolute Gasteiger partial charge is 0.389 e. The highest BCUT2D eigenvalue weighted by atomic mass is 16.3. The lowest BCUT2D eigenvalue weighted by atomic mass is 9.78. The van der Waals surface area contributed by atoms with E-state index in [1.165, 1.54) is 51.8 Å². The molecule has 0 saturated carbocycles. The average molecular weight is 385 g/mol. The summed E-state index contributed by atoms with van der Waals surface area (Å²) in [6.45, 7) is 4.08. The minimum Gasteiger partial charge on any atom is -0.389 e. The number of rotatable bonds is 3. The van der Waals surface area contributed by atoms with Crippen LogP contribution in [0.4, 0.5) is 0 Å². The highest BCUT2D eigenvalue weighted by Crippen LogP contribution is 2.45. The number of hydrogen-bond acceptors (Lipinski definition) is 2. The van der Waals surface area contributed by atoms with Gasteiger partial charge in [0.05, 0.1) is 6.10 Å². The summed E-state index contributed by atoms with van der Waals surface area (Å²) >= 11 is 0. The number of benzene rings is 2. The van der Waals surface area contributed by atoms with E-state index < -0.39 is 6.10 Å². The summed E-state index contributed by atoms with van der Waals surface area (Å²) in [5.74, 6) is 0.933. The van der Waals surface area contributed by atoms with Crippen LogP contribution in [-0.4, -0.2) is 10.9 Å². The molecule has 0 fully saturated rings. The van der Waals surface area contributed by atoms with Gasteiger partial charge in [-0.2, -0.15) is 0 Å². The van der Waals surface area contributed by atoms with Crippen molar-refractivity contribution in [3.05, 3.63) is 75.9 Å². The second-order valence-electron chi connectivity index (χ2n) is 8.89. The van der Waals surface area contributed by atoms with Gasteiger partial charge in [0.1, 0.15) is 0 Å². The highest BCUT2D eigenvalue weighted by molar-refractivity contribution is 6.04. The van der Waals surface area contributed by atoms with Gasteiger partial charge in [-0.05, 0) is 96.9 Å². The van der Waals surface area contributed by atoms with E-state index in [0.717, 1.165) is 30.4 Å². The molecular formula is C27H28O2. The number of fused-ring (bicyclic) bond motifs is 5. The number of aliphatic hydroxyl groups excluding tert-OH is 1. The minimum atomic E-state index is -0.497. The van der Waals surface area contributed by atoms with Gasteiger partial charge in [0.2, 0.25) is 0 Å². The fourth-order valence-corrected chi connectivity index (χ4v) is 5.36. The first kappa shape index (κ1) is 18.6. The quantitative estimate of drug-likeness (QED) is 0.638. The van der Waals surface area contributed by atoms with Gasteiger partial charge >= 0.3 is 0 Å². The average Bonchev–Trinajstić information content (AvgIpc) is 3.30. The maximum Gasteiger partial charge on any atom is 0.163 e. The van der Waals surface area contributed by atoms with Crippen LogP contribution in [0.15, 0.2) is 48.1 Å². The molecule has 1 N–H and O–H groups in total. The van der Waals surface area contributed by atoms with E-state index in [1.54, 1.807) is 0 Å². The molecule has 2 atom stereocenters. The van der Waals surface area contributed by atoms with Crippen molar-refractivity contribution in [1.29, 1.82) is 0 Å². The van der Waals surface area contributed by atoms with Gasteiger partial charge in [0.15, 0.2) is 5.78 Å². The molecule has 0 radical (unpaired) electrons. The lowest BCUT2D eigenvalue weighted by Gasteiger charge is -2.26. The zero-order valence-corrected chi connectivity index (χ0v) is 17.3. The van der Waals surface area contributed by atoms with E-state index in [0.29, 0.717) is 12.3 Å². The third kappa shape index (κ3) is 3.11. The fourth-order valence-electron chi connectivity index (χ4n) is 5.36. The van der Waals surface area contributed by atoms with Gasteiger partial charge in [-0.25, -0.2) is 0 Å². The van der Waals surface area contributed by atoms with Gasteiger partial charge in [0, 0.05) is 12.0 Å². The maximum atomic E-state index is 12.3. The zero-order chi connectivity index (χ0) is 20.1. The van der Waals surface area contributed by atoms with Crippen LogP contribution in [0.2, 0.25) is 0 Å². The van der Waals surface area contributed by atoms with E-state index in [2.05, 4.69) is 43.3 Å². The van der Waals surface area contributed by atoms with E-state index in [-0.39, 0.29) is 5.78 Å². The Kier molecular flexibility index (Phi) is 4.55. The molecule has 0 aliphatic heterocycles. The van der Waals surface area contributed by atoms with Gasteiger partial charge in [0.25, 0.3) is 0 Å². The summed E-state index contributed by atoms with van der Waals surface area (Å²) in [6.07, 6.45) is 10.3. The van der Waals surface area contributed by atoms with Crippen molar-refractivity contribution < 1.29 is 9.90 Å². The fraction of sp³-hybridized carbons (Fsp3) is 0.370. The normalized spacial score (nSPS) is 22.3. The van der Waals surface area contributed by atoms with Gasteiger partial charge in [-0.3, -0.25) is 4.79 Å². The number of carbonyl (C=O) groups excluding carboxylic acids is 1. The Morgan fingerprint density at radius 2 is 1.97 bits per heavy atom. The molecule has 2 heteroatoms. The molecule has 0 amide bonds. The Morgan fingerprint density at radius 3 is 2.72 bits per heavy atom. The summed E-state index contributed by atoms with van der Waals surface area (Å²) in [6, 6.07) is 10.6. The Balaban J connectivity index is 1.63. The maximum absolute atomic E-state index is 12.3. The molecule has 0 aromatic heterocycles. The Hall–Kier alpha value is -2.45. The van der Waals surface area contributed by atoms with Gasteiger partial charge in [-0.15, -0.1) is 0 Å². The van der Waals surface area contributed by atoms with Crippen LogP contribution >= 0.6 is 0 Å². The van der Waals surface area contributed by atoms with Crippen LogP contribution in [0.5, 0.6) is 0 Å². The molecule has 0 bridgehead atoms. The predicted octanol–water partition coefficient (Wildman–Crippen LogP) is 6.22. The third-order valence-corrected chi connectivity index (χ3v) is 7.10. The zero-order valence-electron chi connectivity index (χ0n) is 17.3. The van der Waals surface area contributed by atoms with Crippen LogP contribution in [0, 0.1) is 5.92 Å². The molecular weight excluding hydrogens is 356 g/mol. The predicted molar refractivity (Wildman–Crippen MR) is 118 cm³/mol. The number of ketones is 1. The van der Waals surface area contributed by atoms with Crippen molar-refractivity contribution in [3.8, 4) is 11.1 Å². The smallest absolute Gasteiger partial charge is 0.163 e. The first-order chi connectivity index (χ1) is 14.0. The van der Waals surface area contributed by atoms with Crippen LogP contribution in [0.1, 0.15) is 78.2 Å². The highest BCUT2D eigenvalue weighted by Gasteiger charge is 2.29. The Morgan fingerprint density at radius 1 is 1.14 bits per heavy atom. The standard InChI is InChI=1S/C27H28O2/c1-16-4-3-5-18(16)6-7-20-14-21-9-11-23-24(12-13-26(23)29)27(21)25-15-19(17(2)28)8-10-22(20)25/h4,7-11,15,17-18,28H,3,5-6,12-14H2,1-2H3. The first-order valence-electron chi connectivity index (χ1n) is 10.9.